The monoisotopic (exact) mass is 454 g/mol. The fourth-order valence-corrected chi connectivity index (χ4v) is 4.19. The molecule has 0 amide bonds. The first-order valence-electron chi connectivity index (χ1n) is 11.0. The molecular formula is C24H27FN4O4. The molecule has 0 saturated carbocycles. The highest BCUT2D eigenvalue weighted by Crippen LogP contribution is 2.36. The van der Waals surface area contributed by atoms with Crippen LogP contribution in [0.15, 0.2) is 30.6 Å². The molecule has 1 saturated heterocycles. The number of fused-ring (bicyclic) bond motifs is 1. The predicted octanol–water partition coefficient (Wildman–Crippen LogP) is 3.72. The van der Waals surface area contributed by atoms with E-state index in [-0.39, 0.29) is 11.7 Å². The Bertz CT molecular complexity index is 1150. The average Bonchev–Trinajstić information content (AvgIpc) is 2.83. The van der Waals surface area contributed by atoms with Gasteiger partial charge in [-0.15, -0.1) is 0 Å². The molecular weight excluding hydrogens is 427 g/mol. The third-order valence-electron chi connectivity index (χ3n) is 6.00. The summed E-state index contributed by atoms with van der Waals surface area (Å²) >= 11 is 0. The maximum Gasteiger partial charge on any atom is 0.306 e. The number of carbonyl (C=O) groups is 1. The van der Waals surface area contributed by atoms with Crippen LogP contribution in [0.5, 0.6) is 5.75 Å². The number of benzene rings is 1. The third-order valence-corrected chi connectivity index (χ3v) is 6.00. The van der Waals surface area contributed by atoms with E-state index in [1.807, 2.05) is 6.07 Å². The Morgan fingerprint density at radius 1 is 1.24 bits per heavy atom. The number of carboxylic acid groups (broad SMARTS) is 1. The highest BCUT2D eigenvalue weighted by atomic mass is 19.1. The summed E-state index contributed by atoms with van der Waals surface area (Å²) in [7, 11) is 3.09. The van der Waals surface area contributed by atoms with Crippen LogP contribution in [0, 0.1) is 11.7 Å². The SMILES string of the molecule is COCCCc1cnc(-c2ccnc3cc(F)c(OC)cc23)c(N2CCC(C(=O)O)CC2)n1. The van der Waals surface area contributed by atoms with Crippen molar-refractivity contribution >= 4 is 22.7 Å². The van der Waals surface area contributed by atoms with E-state index >= 15 is 0 Å². The topological polar surface area (TPSA) is 97.7 Å². The number of aliphatic carboxylic acids is 1. The van der Waals surface area contributed by atoms with E-state index in [0.717, 1.165) is 24.1 Å². The van der Waals surface area contributed by atoms with Gasteiger partial charge in [0.15, 0.2) is 17.4 Å². The standard InChI is InChI=1S/C24H27FN4O4/c1-32-11-3-4-16-14-27-22(23(28-16)29-9-6-15(7-10-29)24(30)31)17-5-8-26-20-13-19(25)21(33-2)12-18(17)20/h5,8,12-15H,3-4,6-7,9-11H2,1-2H3,(H,30,31). The molecule has 0 bridgehead atoms. The lowest BCUT2D eigenvalue weighted by Crippen LogP contribution is -2.37. The van der Waals surface area contributed by atoms with Crippen LogP contribution in [0.25, 0.3) is 22.2 Å². The molecule has 3 heterocycles. The Morgan fingerprint density at radius 2 is 2.03 bits per heavy atom. The minimum atomic E-state index is -0.761. The van der Waals surface area contributed by atoms with Crippen LogP contribution in [-0.2, 0) is 16.0 Å². The second kappa shape index (κ2) is 10.1. The van der Waals surface area contributed by atoms with Gasteiger partial charge in [0, 0.05) is 56.2 Å². The summed E-state index contributed by atoms with van der Waals surface area (Å²) in [5.41, 5.74) is 2.75. The summed E-state index contributed by atoms with van der Waals surface area (Å²) in [6.45, 7) is 1.77. The van der Waals surface area contributed by atoms with Gasteiger partial charge in [0.1, 0.15) is 5.69 Å². The fourth-order valence-electron chi connectivity index (χ4n) is 4.19. The quantitative estimate of drug-likeness (QED) is 0.515. The summed E-state index contributed by atoms with van der Waals surface area (Å²) in [6.07, 6.45) is 6.00. The smallest absolute Gasteiger partial charge is 0.306 e. The summed E-state index contributed by atoms with van der Waals surface area (Å²) in [6, 6.07) is 4.81. The van der Waals surface area contributed by atoms with Gasteiger partial charge in [0.25, 0.3) is 0 Å². The van der Waals surface area contributed by atoms with Crippen LogP contribution in [0.1, 0.15) is 25.0 Å². The van der Waals surface area contributed by atoms with E-state index in [0.29, 0.717) is 55.0 Å². The van der Waals surface area contributed by atoms with Crippen LogP contribution in [0.3, 0.4) is 0 Å². The first-order chi connectivity index (χ1) is 16.0. The maximum atomic E-state index is 14.3. The van der Waals surface area contributed by atoms with Gasteiger partial charge in [-0.25, -0.2) is 9.37 Å². The van der Waals surface area contributed by atoms with E-state index in [4.69, 9.17) is 19.4 Å². The van der Waals surface area contributed by atoms with E-state index in [1.165, 1.54) is 13.2 Å². The van der Waals surface area contributed by atoms with Gasteiger partial charge < -0.3 is 19.5 Å². The molecule has 9 heteroatoms. The number of aryl methyl sites for hydroxylation is 1. The molecule has 0 atom stereocenters. The van der Waals surface area contributed by atoms with Crippen molar-refractivity contribution in [2.24, 2.45) is 5.92 Å². The number of ether oxygens (including phenoxy) is 2. The normalized spacial score (nSPS) is 14.6. The number of aromatic nitrogens is 3. The van der Waals surface area contributed by atoms with Crippen molar-refractivity contribution in [1.82, 2.24) is 15.0 Å². The van der Waals surface area contributed by atoms with Gasteiger partial charge in [-0.2, -0.15) is 0 Å². The zero-order chi connectivity index (χ0) is 23.4. The number of hydrogen-bond acceptors (Lipinski definition) is 7. The van der Waals surface area contributed by atoms with E-state index in [1.54, 1.807) is 25.6 Å². The molecule has 1 aromatic carbocycles. The lowest BCUT2D eigenvalue weighted by Gasteiger charge is -2.32. The molecule has 0 aliphatic carbocycles. The second-order valence-electron chi connectivity index (χ2n) is 8.09. The fraction of sp³-hybridized carbons (Fsp3) is 0.417. The molecule has 1 aliphatic rings. The first-order valence-corrected chi connectivity index (χ1v) is 11.0. The molecule has 3 aromatic rings. The van der Waals surface area contributed by atoms with Crippen molar-refractivity contribution in [1.29, 1.82) is 0 Å². The van der Waals surface area contributed by atoms with E-state index in [9.17, 15) is 14.3 Å². The first kappa shape index (κ1) is 22.8. The number of piperidine rings is 1. The Morgan fingerprint density at radius 3 is 2.73 bits per heavy atom. The Labute approximate surface area is 191 Å². The van der Waals surface area contributed by atoms with Gasteiger partial charge >= 0.3 is 5.97 Å². The molecule has 174 valence electrons. The summed E-state index contributed by atoms with van der Waals surface area (Å²) in [5, 5.41) is 10.1. The number of methoxy groups -OCH3 is 2. The molecule has 0 radical (unpaired) electrons. The highest BCUT2D eigenvalue weighted by Gasteiger charge is 2.28. The number of anilines is 1. The molecule has 8 nitrogen and oxygen atoms in total. The molecule has 4 rings (SSSR count). The van der Waals surface area contributed by atoms with Crippen molar-refractivity contribution in [3.8, 4) is 17.0 Å². The number of rotatable bonds is 8. The lowest BCUT2D eigenvalue weighted by atomic mass is 9.96. The predicted molar refractivity (Wildman–Crippen MR) is 122 cm³/mol. The van der Waals surface area contributed by atoms with Crippen LogP contribution in [-0.4, -0.2) is 59.9 Å². The maximum absolute atomic E-state index is 14.3. The minimum Gasteiger partial charge on any atom is -0.494 e. The molecule has 1 fully saturated rings. The second-order valence-corrected chi connectivity index (χ2v) is 8.09. The summed E-state index contributed by atoms with van der Waals surface area (Å²) in [4.78, 5) is 27.5. The summed E-state index contributed by atoms with van der Waals surface area (Å²) < 4.78 is 24.6. The van der Waals surface area contributed by atoms with Crippen molar-refractivity contribution in [2.45, 2.75) is 25.7 Å². The van der Waals surface area contributed by atoms with Gasteiger partial charge in [-0.05, 0) is 37.8 Å². The number of hydrogen-bond donors (Lipinski definition) is 1. The number of carboxylic acids is 1. The minimum absolute atomic E-state index is 0.129. The Hall–Kier alpha value is -3.33. The van der Waals surface area contributed by atoms with E-state index in [2.05, 4.69) is 9.88 Å². The zero-order valence-electron chi connectivity index (χ0n) is 18.8. The molecule has 33 heavy (non-hydrogen) atoms. The van der Waals surface area contributed by atoms with Gasteiger partial charge in [-0.1, -0.05) is 0 Å². The van der Waals surface area contributed by atoms with E-state index < -0.39 is 11.8 Å². The number of halogens is 1. The van der Waals surface area contributed by atoms with Crippen LogP contribution in [0.4, 0.5) is 10.2 Å². The highest BCUT2D eigenvalue weighted by molar-refractivity contribution is 5.96. The lowest BCUT2D eigenvalue weighted by molar-refractivity contribution is -0.142. The third kappa shape index (κ3) is 4.88. The summed E-state index contributed by atoms with van der Waals surface area (Å²) in [5.74, 6) is -0.764. The number of nitrogens with zero attached hydrogens (tertiary/aromatic N) is 4. The zero-order valence-corrected chi connectivity index (χ0v) is 18.8. The molecule has 1 aliphatic heterocycles. The molecule has 1 N–H and O–H groups in total. The Balaban J connectivity index is 1.78. The van der Waals surface area contributed by atoms with Crippen LogP contribution >= 0.6 is 0 Å². The average molecular weight is 455 g/mol. The van der Waals surface area contributed by atoms with Crippen LogP contribution in [0.2, 0.25) is 0 Å². The van der Waals surface area contributed by atoms with Crippen LogP contribution < -0.4 is 9.64 Å². The van der Waals surface area contributed by atoms with Gasteiger partial charge in [0.2, 0.25) is 0 Å². The van der Waals surface area contributed by atoms with Gasteiger partial charge in [0.05, 0.1) is 24.2 Å². The van der Waals surface area contributed by atoms with Crippen molar-refractivity contribution < 1.29 is 23.8 Å². The van der Waals surface area contributed by atoms with Crippen molar-refractivity contribution in [2.75, 3.05) is 38.8 Å². The van der Waals surface area contributed by atoms with Crippen molar-refractivity contribution in [3.63, 3.8) is 0 Å². The Kier molecular flexibility index (Phi) is 6.98. The number of pyridine rings is 1. The largest absolute Gasteiger partial charge is 0.494 e. The van der Waals surface area contributed by atoms with Gasteiger partial charge in [-0.3, -0.25) is 14.8 Å². The molecule has 0 unspecified atom stereocenters. The molecule has 0 spiro atoms. The molecule has 2 aromatic heterocycles. The van der Waals surface area contributed by atoms with Crippen molar-refractivity contribution in [3.05, 3.63) is 42.1 Å².